The number of carbonyl (C=O) groups excluding carboxylic acids is 4. The molecule has 2 heterocycles. The number of nitrogens with one attached hydrogen (secondary N) is 2. The Bertz CT molecular complexity index is 405. The van der Waals surface area contributed by atoms with Crippen LogP contribution in [0.4, 0.5) is 0 Å². The summed E-state index contributed by atoms with van der Waals surface area (Å²) in [6.07, 6.45) is 1.82. The first kappa shape index (κ1) is 13.5. The number of piperidine rings is 1. The zero-order valence-electron chi connectivity index (χ0n) is 10.6. The third-order valence-corrected chi connectivity index (χ3v) is 3.39. The lowest BCUT2D eigenvalue weighted by molar-refractivity contribution is -0.140. The van der Waals surface area contributed by atoms with Crippen LogP contribution in [-0.2, 0) is 19.2 Å². The predicted octanol–water partition coefficient (Wildman–Crippen LogP) is -1.22. The minimum Gasteiger partial charge on any atom is -0.355 e. The summed E-state index contributed by atoms with van der Waals surface area (Å²) in [7, 11) is 0. The lowest BCUT2D eigenvalue weighted by Crippen LogP contribution is -2.46. The van der Waals surface area contributed by atoms with Gasteiger partial charge in [-0.05, 0) is 12.8 Å². The Morgan fingerprint density at radius 1 is 1.26 bits per heavy atom. The minimum absolute atomic E-state index is 0.178. The van der Waals surface area contributed by atoms with E-state index >= 15 is 0 Å². The van der Waals surface area contributed by atoms with E-state index in [1.807, 2.05) is 0 Å². The standard InChI is InChI=1S/C12H17N3O4/c16-9-3-4-10(17)15(9)7-6-14-12(19)8-2-1-5-13-11(8)18/h8H,1-7H2,(H,13,18)(H,14,19)/t8-/m1/s1. The van der Waals surface area contributed by atoms with E-state index in [-0.39, 0.29) is 49.6 Å². The first-order valence-electron chi connectivity index (χ1n) is 6.48. The second kappa shape index (κ2) is 5.81. The summed E-state index contributed by atoms with van der Waals surface area (Å²) < 4.78 is 0. The number of likely N-dealkylation sites (tertiary alicyclic amines) is 1. The summed E-state index contributed by atoms with van der Waals surface area (Å²) in [6.45, 7) is 0.983. The van der Waals surface area contributed by atoms with Crippen molar-refractivity contribution >= 4 is 23.6 Å². The van der Waals surface area contributed by atoms with Gasteiger partial charge in [0.15, 0.2) is 0 Å². The normalized spacial score (nSPS) is 23.5. The number of nitrogens with zero attached hydrogens (tertiary/aromatic N) is 1. The summed E-state index contributed by atoms with van der Waals surface area (Å²) in [5.74, 6) is -1.64. The Kier molecular flexibility index (Phi) is 4.13. The molecule has 2 saturated heterocycles. The van der Waals surface area contributed by atoms with Crippen LogP contribution < -0.4 is 10.6 Å². The lowest BCUT2D eigenvalue weighted by Gasteiger charge is -2.21. The zero-order valence-corrected chi connectivity index (χ0v) is 10.6. The van der Waals surface area contributed by atoms with Gasteiger partial charge in [0.25, 0.3) is 0 Å². The molecule has 0 aromatic heterocycles. The Morgan fingerprint density at radius 3 is 2.58 bits per heavy atom. The second-order valence-electron chi connectivity index (χ2n) is 4.72. The Hall–Kier alpha value is -1.92. The summed E-state index contributed by atoms with van der Waals surface area (Å²) in [5, 5.41) is 5.25. The molecule has 0 radical (unpaired) electrons. The van der Waals surface area contributed by atoms with Crippen molar-refractivity contribution in [3.63, 3.8) is 0 Å². The topological polar surface area (TPSA) is 95.6 Å². The van der Waals surface area contributed by atoms with E-state index in [1.54, 1.807) is 0 Å². The van der Waals surface area contributed by atoms with Gasteiger partial charge in [-0.1, -0.05) is 0 Å². The van der Waals surface area contributed by atoms with Gasteiger partial charge in [0, 0.05) is 32.5 Å². The van der Waals surface area contributed by atoms with Crippen molar-refractivity contribution in [1.82, 2.24) is 15.5 Å². The van der Waals surface area contributed by atoms with E-state index in [2.05, 4.69) is 10.6 Å². The van der Waals surface area contributed by atoms with E-state index in [9.17, 15) is 19.2 Å². The van der Waals surface area contributed by atoms with Crippen LogP contribution in [0.15, 0.2) is 0 Å². The fourth-order valence-corrected chi connectivity index (χ4v) is 2.31. The van der Waals surface area contributed by atoms with Gasteiger partial charge in [0.2, 0.25) is 23.6 Å². The molecule has 2 aliphatic heterocycles. The zero-order chi connectivity index (χ0) is 13.8. The molecule has 0 aromatic rings. The molecule has 4 amide bonds. The maximum absolute atomic E-state index is 11.8. The molecule has 0 aliphatic carbocycles. The average molecular weight is 267 g/mol. The second-order valence-corrected chi connectivity index (χ2v) is 4.72. The molecule has 7 nitrogen and oxygen atoms in total. The van der Waals surface area contributed by atoms with E-state index in [0.29, 0.717) is 13.0 Å². The van der Waals surface area contributed by atoms with Crippen molar-refractivity contribution in [2.75, 3.05) is 19.6 Å². The number of hydrogen-bond acceptors (Lipinski definition) is 4. The Labute approximate surface area is 110 Å². The predicted molar refractivity (Wildman–Crippen MR) is 64.7 cm³/mol. The summed E-state index contributed by atoms with van der Waals surface area (Å²) in [4.78, 5) is 47.1. The van der Waals surface area contributed by atoms with Crippen LogP contribution >= 0.6 is 0 Å². The summed E-state index contributed by atoms with van der Waals surface area (Å²) >= 11 is 0. The number of hydrogen-bond donors (Lipinski definition) is 2. The highest BCUT2D eigenvalue weighted by atomic mass is 16.2. The smallest absolute Gasteiger partial charge is 0.232 e. The monoisotopic (exact) mass is 267 g/mol. The van der Waals surface area contributed by atoms with Crippen molar-refractivity contribution in [3.8, 4) is 0 Å². The first-order chi connectivity index (χ1) is 9.09. The number of rotatable bonds is 4. The van der Waals surface area contributed by atoms with Crippen LogP contribution in [0, 0.1) is 5.92 Å². The van der Waals surface area contributed by atoms with Crippen LogP contribution in [0.2, 0.25) is 0 Å². The van der Waals surface area contributed by atoms with Crippen molar-refractivity contribution in [1.29, 1.82) is 0 Å². The SMILES string of the molecule is O=C1NCCC[C@H]1C(=O)NCCN1C(=O)CCC1=O. The highest BCUT2D eigenvalue weighted by Gasteiger charge is 2.30. The molecule has 0 bridgehead atoms. The molecule has 7 heteroatoms. The van der Waals surface area contributed by atoms with Crippen molar-refractivity contribution in [2.45, 2.75) is 25.7 Å². The van der Waals surface area contributed by atoms with E-state index in [4.69, 9.17) is 0 Å². The fourth-order valence-electron chi connectivity index (χ4n) is 2.31. The first-order valence-corrected chi connectivity index (χ1v) is 6.48. The average Bonchev–Trinajstić information content (AvgIpc) is 2.70. The van der Waals surface area contributed by atoms with Gasteiger partial charge in [-0.25, -0.2) is 0 Å². The quantitative estimate of drug-likeness (QED) is 0.493. The van der Waals surface area contributed by atoms with Gasteiger partial charge in [0.1, 0.15) is 5.92 Å². The molecule has 2 N–H and O–H groups in total. The number of carbonyl (C=O) groups is 4. The highest BCUT2D eigenvalue weighted by molar-refractivity contribution is 6.02. The summed E-state index contributed by atoms with van der Waals surface area (Å²) in [6, 6.07) is 0. The van der Waals surface area contributed by atoms with Crippen LogP contribution in [0.1, 0.15) is 25.7 Å². The lowest BCUT2D eigenvalue weighted by atomic mass is 9.98. The van der Waals surface area contributed by atoms with Gasteiger partial charge in [0.05, 0.1) is 0 Å². The van der Waals surface area contributed by atoms with Crippen molar-refractivity contribution in [3.05, 3.63) is 0 Å². The maximum Gasteiger partial charge on any atom is 0.232 e. The van der Waals surface area contributed by atoms with E-state index in [1.165, 1.54) is 0 Å². The van der Waals surface area contributed by atoms with Gasteiger partial charge in [-0.3, -0.25) is 24.1 Å². The van der Waals surface area contributed by atoms with Crippen LogP contribution in [0.25, 0.3) is 0 Å². The van der Waals surface area contributed by atoms with Gasteiger partial charge < -0.3 is 10.6 Å². The Morgan fingerprint density at radius 2 is 1.95 bits per heavy atom. The highest BCUT2D eigenvalue weighted by Crippen LogP contribution is 2.12. The molecule has 0 unspecified atom stereocenters. The van der Waals surface area contributed by atoms with Gasteiger partial charge in [-0.2, -0.15) is 0 Å². The van der Waals surface area contributed by atoms with Crippen molar-refractivity contribution < 1.29 is 19.2 Å². The summed E-state index contributed by atoms with van der Waals surface area (Å²) in [5.41, 5.74) is 0. The molecule has 0 spiro atoms. The molecule has 104 valence electrons. The van der Waals surface area contributed by atoms with E-state index in [0.717, 1.165) is 11.3 Å². The number of imide groups is 1. The largest absolute Gasteiger partial charge is 0.355 e. The third kappa shape index (κ3) is 3.10. The molecule has 1 atom stereocenters. The van der Waals surface area contributed by atoms with Crippen LogP contribution in [0.3, 0.4) is 0 Å². The maximum atomic E-state index is 11.8. The van der Waals surface area contributed by atoms with Gasteiger partial charge in [-0.15, -0.1) is 0 Å². The third-order valence-electron chi connectivity index (χ3n) is 3.39. The molecule has 2 fully saturated rings. The Balaban J connectivity index is 1.76. The van der Waals surface area contributed by atoms with Gasteiger partial charge >= 0.3 is 0 Å². The molecule has 2 rings (SSSR count). The fraction of sp³-hybridized carbons (Fsp3) is 0.667. The molecule has 2 aliphatic rings. The van der Waals surface area contributed by atoms with Crippen LogP contribution in [-0.4, -0.2) is 48.2 Å². The van der Waals surface area contributed by atoms with Crippen molar-refractivity contribution in [2.24, 2.45) is 5.92 Å². The molecule has 19 heavy (non-hydrogen) atoms. The van der Waals surface area contributed by atoms with Crippen LogP contribution in [0.5, 0.6) is 0 Å². The minimum atomic E-state index is -0.654. The molecule has 0 saturated carbocycles. The molecular weight excluding hydrogens is 250 g/mol. The molecular formula is C12H17N3O4. The molecule has 0 aromatic carbocycles. The van der Waals surface area contributed by atoms with E-state index < -0.39 is 5.92 Å². The number of amides is 4.